The van der Waals surface area contributed by atoms with Gasteiger partial charge in [-0.15, -0.1) is 0 Å². The predicted octanol–water partition coefficient (Wildman–Crippen LogP) is 6.42. The molecule has 0 fully saturated rings. The maximum Gasteiger partial charge on any atom is 0.337 e. The second-order valence-electron chi connectivity index (χ2n) is 6.56. The highest BCUT2D eigenvalue weighted by Crippen LogP contribution is 2.31. The highest BCUT2D eigenvalue weighted by molar-refractivity contribution is 6.33. The Labute approximate surface area is 189 Å². The van der Waals surface area contributed by atoms with Crippen molar-refractivity contribution in [1.29, 1.82) is 0 Å². The van der Waals surface area contributed by atoms with E-state index in [1.54, 1.807) is 18.2 Å². The van der Waals surface area contributed by atoms with E-state index in [9.17, 15) is 14.3 Å². The van der Waals surface area contributed by atoms with E-state index in [0.717, 1.165) is 5.56 Å². The molecule has 3 rings (SSSR count). The summed E-state index contributed by atoms with van der Waals surface area (Å²) in [5, 5.41) is 12.8. The third kappa shape index (κ3) is 5.81. The summed E-state index contributed by atoms with van der Waals surface area (Å²) in [6, 6.07) is 14.6. The predicted molar refractivity (Wildman–Crippen MR) is 119 cm³/mol. The van der Waals surface area contributed by atoms with Gasteiger partial charge in [-0.2, -0.15) is 0 Å². The summed E-state index contributed by atoms with van der Waals surface area (Å²) >= 11 is 12.0. The molecule has 0 bridgehead atoms. The number of hydrogen-bond donors (Lipinski definition) is 2. The molecule has 8 heteroatoms. The minimum Gasteiger partial charge on any atom is -0.490 e. The second-order valence-corrected chi connectivity index (χ2v) is 7.37. The van der Waals surface area contributed by atoms with Gasteiger partial charge in [-0.05, 0) is 55.0 Å². The Kier molecular flexibility index (Phi) is 7.60. The van der Waals surface area contributed by atoms with Gasteiger partial charge in [0, 0.05) is 17.8 Å². The van der Waals surface area contributed by atoms with Gasteiger partial charge in [0.15, 0.2) is 11.5 Å². The number of carboxylic acid groups (broad SMARTS) is 1. The smallest absolute Gasteiger partial charge is 0.337 e. The van der Waals surface area contributed by atoms with Crippen molar-refractivity contribution >= 4 is 34.9 Å². The van der Waals surface area contributed by atoms with Crippen molar-refractivity contribution in [2.75, 3.05) is 11.9 Å². The molecule has 0 unspecified atom stereocenters. The van der Waals surface area contributed by atoms with Crippen LogP contribution in [0.2, 0.25) is 10.0 Å². The Morgan fingerprint density at radius 3 is 2.55 bits per heavy atom. The van der Waals surface area contributed by atoms with Gasteiger partial charge in [0.05, 0.1) is 22.2 Å². The fourth-order valence-corrected chi connectivity index (χ4v) is 3.29. The summed E-state index contributed by atoms with van der Waals surface area (Å²) in [5.41, 5.74) is 1.80. The van der Waals surface area contributed by atoms with Crippen LogP contribution >= 0.6 is 23.2 Å². The Balaban J connectivity index is 1.73. The van der Waals surface area contributed by atoms with Gasteiger partial charge in [-0.25, -0.2) is 9.18 Å². The maximum atomic E-state index is 14.0. The van der Waals surface area contributed by atoms with Crippen molar-refractivity contribution < 1.29 is 23.8 Å². The monoisotopic (exact) mass is 463 g/mol. The molecule has 0 aliphatic carbocycles. The average molecular weight is 464 g/mol. The molecule has 3 aromatic rings. The molecule has 0 heterocycles. The molecule has 0 aromatic heterocycles. The molecule has 2 N–H and O–H groups in total. The number of halogens is 3. The summed E-state index contributed by atoms with van der Waals surface area (Å²) < 4.78 is 25.4. The van der Waals surface area contributed by atoms with Crippen molar-refractivity contribution in [2.24, 2.45) is 0 Å². The number of carbonyl (C=O) groups is 1. The normalized spacial score (nSPS) is 10.6. The Hall–Kier alpha value is -2.96. The first-order valence-electron chi connectivity index (χ1n) is 9.47. The summed E-state index contributed by atoms with van der Waals surface area (Å²) in [5.74, 6) is -0.556. The van der Waals surface area contributed by atoms with Crippen LogP contribution < -0.4 is 14.8 Å². The lowest BCUT2D eigenvalue weighted by molar-refractivity contribution is 0.0697. The van der Waals surface area contributed by atoms with Crippen molar-refractivity contribution in [3.8, 4) is 11.5 Å². The van der Waals surface area contributed by atoms with Crippen LogP contribution in [0.15, 0.2) is 54.6 Å². The fraction of sp³-hybridized carbons (Fsp3) is 0.174. The van der Waals surface area contributed by atoms with E-state index in [1.807, 2.05) is 19.1 Å². The van der Waals surface area contributed by atoms with Crippen molar-refractivity contribution in [3.05, 3.63) is 87.2 Å². The zero-order valence-corrected chi connectivity index (χ0v) is 18.1. The lowest BCUT2D eigenvalue weighted by atomic mass is 10.1. The molecule has 0 atom stereocenters. The number of hydrogen-bond acceptors (Lipinski definition) is 4. The number of benzene rings is 3. The molecule has 5 nitrogen and oxygen atoms in total. The van der Waals surface area contributed by atoms with Crippen LogP contribution in [0.4, 0.5) is 10.1 Å². The zero-order chi connectivity index (χ0) is 22.4. The van der Waals surface area contributed by atoms with E-state index in [1.165, 1.54) is 24.3 Å². The van der Waals surface area contributed by atoms with E-state index in [4.69, 9.17) is 32.7 Å². The van der Waals surface area contributed by atoms with E-state index in [-0.39, 0.29) is 22.8 Å². The van der Waals surface area contributed by atoms with Crippen LogP contribution in [0, 0.1) is 5.82 Å². The third-order valence-electron chi connectivity index (χ3n) is 4.44. The van der Waals surface area contributed by atoms with Crippen molar-refractivity contribution in [1.82, 2.24) is 0 Å². The van der Waals surface area contributed by atoms with Crippen LogP contribution in [0.5, 0.6) is 11.5 Å². The quantitative estimate of drug-likeness (QED) is 0.383. The first-order valence-corrected chi connectivity index (χ1v) is 10.2. The molecule has 0 aliphatic rings. The maximum absolute atomic E-state index is 14.0. The zero-order valence-electron chi connectivity index (χ0n) is 16.6. The van der Waals surface area contributed by atoms with Gasteiger partial charge in [0.2, 0.25) is 0 Å². The van der Waals surface area contributed by atoms with E-state index < -0.39 is 11.8 Å². The molecular weight excluding hydrogens is 444 g/mol. The van der Waals surface area contributed by atoms with Gasteiger partial charge < -0.3 is 19.9 Å². The summed E-state index contributed by atoms with van der Waals surface area (Å²) in [6.07, 6.45) is 0. The molecule has 0 aliphatic heterocycles. The highest BCUT2D eigenvalue weighted by atomic mass is 35.5. The van der Waals surface area contributed by atoms with Gasteiger partial charge in [-0.3, -0.25) is 0 Å². The van der Waals surface area contributed by atoms with Crippen LogP contribution in [0.3, 0.4) is 0 Å². The molecule has 0 saturated heterocycles. The van der Waals surface area contributed by atoms with Gasteiger partial charge >= 0.3 is 5.97 Å². The number of nitrogens with one attached hydrogen (secondary N) is 1. The summed E-state index contributed by atoms with van der Waals surface area (Å²) in [4.78, 5) is 11.2. The van der Waals surface area contributed by atoms with Crippen molar-refractivity contribution in [3.63, 3.8) is 0 Å². The lowest BCUT2D eigenvalue weighted by Gasteiger charge is -2.15. The van der Waals surface area contributed by atoms with E-state index >= 15 is 0 Å². The topological polar surface area (TPSA) is 67.8 Å². The first-order chi connectivity index (χ1) is 14.9. The SMILES string of the molecule is CCOc1cc(CNc2ccc(Cl)c(C(=O)O)c2)ccc1OCc1c(F)cccc1Cl. The fourth-order valence-electron chi connectivity index (χ4n) is 2.87. The minimum absolute atomic E-state index is 0.0252. The molecule has 3 aromatic carbocycles. The Bertz CT molecular complexity index is 1070. The van der Waals surface area contributed by atoms with E-state index in [0.29, 0.717) is 35.4 Å². The molecule has 0 saturated carbocycles. The number of ether oxygens (including phenoxy) is 2. The van der Waals surface area contributed by atoms with Gasteiger partial charge in [0.1, 0.15) is 12.4 Å². The standard InChI is InChI=1S/C23H20Cl2FNO4/c1-2-30-22-10-14(12-27-15-7-8-19(25)16(11-15)23(28)29)6-9-21(22)31-13-17-18(24)4-3-5-20(17)26/h3-11,27H,2,12-13H2,1H3,(H,28,29). The minimum atomic E-state index is -1.09. The van der Waals surface area contributed by atoms with E-state index in [2.05, 4.69) is 5.32 Å². The summed E-state index contributed by atoms with van der Waals surface area (Å²) in [6.45, 7) is 2.66. The van der Waals surface area contributed by atoms with Crippen LogP contribution in [-0.4, -0.2) is 17.7 Å². The second kappa shape index (κ2) is 10.4. The average Bonchev–Trinajstić information content (AvgIpc) is 2.74. The van der Waals surface area contributed by atoms with Gasteiger partial charge in [-0.1, -0.05) is 35.3 Å². The molecule has 31 heavy (non-hydrogen) atoms. The Morgan fingerprint density at radius 2 is 1.84 bits per heavy atom. The molecular formula is C23H20Cl2FNO4. The number of aromatic carboxylic acids is 1. The number of anilines is 1. The first kappa shape index (κ1) is 22.7. The van der Waals surface area contributed by atoms with Gasteiger partial charge in [0.25, 0.3) is 0 Å². The Morgan fingerprint density at radius 1 is 1.03 bits per heavy atom. The van der Waals surface area contributed by atoms with Crippen LogP contribution in [0.1, 0.15) is 28.4 Å². The largest absolute Gasteiger partial charge is 0.490 e. The molecule has 0 radical (unpaired) electrons. The third-order valence-corrected chi connectivity index (χ3v) is 5.12. The molecule has 162 valence electrons. The number of rotatable bonds is 9. The lowest BCUT2D eigenvalue weighted by Crippen LogP contribution is -2.05. The molecule has 0 spiro atoms. The van der Waals surface area contributed by atoms with Crippen LogP contribution in [-0.2, 0) is 13.2 Å². The van der Waals surface area contributed by atoms with Crippen molar-refractivity contribution in [2.45, 2.75) is 20.1 Å². The highest BCUT2D eigenvalue weighted by Gasteiger charge is 2.12. The van der Waals surface area contributed by atoms with Crippen LogP contribution in [0.25, 0.3) is 0 Å². The number of carboxylic acids is 1. The summed E-state index contributed by atoms with van der Waals surface area (Å²) in [7, 11) is 0. The molecule has 0 amide bonds.